The minimum absolute atomic E-state index is 0.212. The average Bonchev–Trinajstić information content (AvgIpc) is 3.20. The zero-order chi connectivity index (χ0) is 23.9. The number of benzene rings is 2. The van der Waals surface area contributed by atoms with Crippen molar-refractivity contribution in [1.82, 2.24) is 9.78 Å². The minimum atomic E-state index is -0.212. The molecule has 0 saturated heterocycles. The van der Waals surface area contributed by atoms with Crippen LogP contribution in [0.2, 0.25) is 0 Å². The van der Waals surface area contributed by atoms with Crippen molar-refractivity contribution in [2.75, 3.05) is 11.9 Å². The fourth-order valence-corrected chi connectivity index (χ4v) is 3.05. The van der Waals surface area contributed by atoms with Gasteiger partial charge in [-0.1, -0.05) is 56.3 Å². The molecule has 0 radical (unpaired) electrons. The topological polar surface area (TPSA) is 108 Å². The zero-order valence-electron chi connectivity index (χ0n) is 19.2. The maximum atomic E-state index is 12.9. The second-order valence-electron chi connectivity index (χ2n) is 7.16. The van der Waals surface area contributed by atoms with E-state index in [1.165, 1.54) is 0 Å². The number of ether oxygens (including phenoxy) is 2. The van der Waals surface area contributed by atoms with Crippen LogP contribution in [0.5, 0.6) is 5.75 Å². The second kappa shape index (κ2) is 14.4. The molecular formula is C25H32N4O4. The largest absolute Gasteiger partial charge is 0.493 e. The molecule has 0 atom stereocenters. The maximum Gasteiger partial charge on any atom is 0.260 e. The van der Waals surface area contributed by atoms with Crippen LogP contribution in [0, 0.1) is 0 Å². The Morgan fingerprint density at radius 3 is 2.45 bits per heavy atom. The fourth-order valence-electron chi connectivity index (χ4n) is 3.05. The number of aromatic nitrogens is 2. The molecule has 3 aromatic rings. The van der Waals surface area contributed by atoms with Crippen LogP contribution in [0.25, 0.3) is 0 Å². The third-order valence-electron chi connectivity index (χ3n) is 4.46. The van der Waals surface area contributed by atoms with Crippen LogP contribution in [0.3, 0.4) is 0 Å². The number of nitrogens with two attached hydrogens (primary N) is 1. The summed E-state index contributed by atoms with van der Waals surface area (Å²) in [6.45, 7) is 6.29. The molecule has 0 aliphatic carbocycles. The minimum Gasteiger partial charge on any atom is -0.493 e. The van der Waals surface area contributed by atoms with E-state index in [-0.39, 0.29) is 12.3 Å². The number of nitrogens with one attached hydrogen (secondary N) is 1. The van der Waals surface area contributed by atoms with Gasteiger partial charge in [-0.25, -0.2) is 4.68 Å². The molecule has 2 amide bonds. The van der Waals surface area contributed by atoms with Gasteiger partial charge < -0.3 is 20.5 Å². The zero-order valence-corrected chi connectivity index (χ0v) is 19.2. The summed E-state index contributed by atoms with van der Waals surface area (Å²) in [7, 11) is 0. The molecule has 3 rings (SSSR count). The van der Waals surface area contributed by atoms with E-state index < -0.39 is 0 Å². The van der Waals surface area contributed by atoms with Gasteiger partial charge in [0.05, 0.1) is 31.1 Å². The van der Waals surface area contributed by atoms with E-state index in [0.29, 0.717) is 43.5 Å². The molecule has 33 heavy (non-hydrogen) atoms. The van der Waals surface area contributed by atoms with Crippen LogP contribution in [-0.2, 0) is 29.3 Å². The van der Waals surface area contributed by atoms with Crippen molar-refractivity contribution >= 4 is 18.1 Å². The number of carbonyl (C=O) groups is 2. The van der Waals surface area contributed by atoms with Crippen molar-refractivity contribution in [2.45, 2.75) is 46.4 Å². The number of primary amides is 1. The summed E-state index contributed by atoms with van der Waals surface area (Å²) in [4.78, 5) is 21.5. The summed E-state index contributed by atoms with van der Waals surface area (Å²) in [5.74, 6) is 1.03. The number of amides is 2. The van der Waals surface area contributed by atoms with Crippen molar-refractivity contribution in [3.05, 3.63) is 77.5 Å². The van der Waals surface area contributed by atoms with Gasteiger partial charge in [0.1, 0.15) is 11.6 Å². The van der Waals surface area contributed by atoms with Gasteiger partial charge in [-0.15, -0.1) is 0 Å². The first kappa shape index (κ1) is 25.6. The number of nitrogens with zero attached hydrogens (tertiary/aromatic N) is 2. The van der Waals surface area contributed by atoms with Gasteiger partial charge in [-0.2, -0.15) is 5.10 Å². The van der Waals surface area contributed by atoms with Gasteiger partial charge >= 0.3 is 0 Å². The Hall–Kier alpha value is -3.65. The molecule has 8 heteroatoms. The number of hydrogen-bond donors (Lipinski definition) is 2. The smallest absolute Gasteiger partial charge is 0.260 e. The second-order valence-corrected chi connectivity index (χ2v) is 7.16. The van der Waals surface area contributed by atoms with Crippen molar-refractivity contribution in [2.24, 2.45) is 5.73 Å². The Kier molecular flexibility index (Phi) is 11.2. The summed E-state index contributed by atoms with van der Waals surface area (Å²) in [5.41, 5.74) is 6.57. The number of rotatable bonds is 11. The third-order valence-corrected chi connectivity index (χ3v) is 4.46. The van der Waals surface area contributed by atoms with Crippen LogP contribution in [0.4, 0.5) is 5.82 Å². The quantitative estimate of drug-likeness (QED) is 0.425. The van der Waals surface area contributed by atoms with E-state index in [1.54, 1.807) is 6.07 Å². The lowest BCUT2D eigenvalue weighted by molar-refractivity contribution is -0.106. The van der Waals surface area contributed by atoms with Gasteiger partial charge in [0.15, 0.2) is 0 Å². The van der Waals surface area contributed by atoms with E-state index in [4.69, 9.17) is 14.3 Å². The molecule has 0 spiro atoms. The van der Waals surface area contributed by atoms with Gasteiger partial charge in [0.2, 0.25) is 6.41 Å². The molecule has 0 unspecified atom stereocenters. The summed E-state index contributed by atoms with van der Waals surface area (Å²) < 4.78 is 13.3. The van der Waals surface area contributed by atoms with Crippen LogP contribution in [0.15, 0.2) is 60.7 Å². The lowest BCUT2D eigenvalue weighted by atomic mass is 10.2. The van der Waals surface area contributed by atoms with E-state index in [0.717, 1.165) is 24.1 Å². The summed E-state index contributed by atoms with van der Waals surface area (Å²) >= 11 is 0. The van der Waals surface area contributed by atoms with Crippen LogP contribution in [-0.4, -0.2) is 28.7 Å². The lowest BCUT2D eigenvalue weighted by Gasteiger charge is -2.12. The summed E-state index contributed by atoms with van der Waals surface area (Å²) in [6, 6.07) is 19.2. The predicted octanol–water partition coefficient (Wildman–Crippen LogP) is 4.15. The first-order valence-corrected chi connectivity index (χ1v) is 11.0. The summed E-state index contributed by atoms with van der Waals surface area (Å²) in [5, 5.41) is 7.58. The lowest BCUT2D eigenvalue weighted by Crippen LogP contribution is -2.17. The Morgan fingerprint density at radius 2 is 1.76 bits per heavy atom. The standard InChI is InChI=1S/C24H29N3O3.CH3NO/c1-3-14-27-23(16-20(26-27)18-29-17-19-10-6-5-7-11-19)25-24(28)21-12-8-9-13-22(21)30-15-4-2;2-1-3/h5-13,16H,3-4,14-15,17-18H2,1-2H3,(H,25,28);1H,(H2,2,3). The van der Waals surface area contributed by atoms with Crippen molar-refractivity contribution in [1.29, 1.82) is 0 Å². The Balaban J connectivity index is 0.00000122. The molecule has 1 heterocycles. The highest BCUT2D eigenvalue weighted by Crippen LogP contribution is 2.21. The van der Waals surface area contributed by atoms with Crippen LogP contribution >= 0.6 is 0 Å². The van der Waals surface area contributed by atoms with E-state index in [9.17, 15) is 4.79 Å². The third kappa shape index (κ3) is 8.42. The molecule has 1 aromatic heterocycles. The predicted molar refractivity (Wildman–Crippen MR) is 128 cm³/mol. The van der Waals surface area contributed by atoms with Crippen LogP contribution in [0.1, 0.15) is 48.3 Å². The number of carbonyl (C=O) groups excluding carboxylic acids is 2. The number of para-hydroxylation sites is 1. The Bertz CT molecular complexity index is 989. The number of aryl methyl sites for hydroxylation is 1. The van der Waals surface area contributed by atoms with E-state index in [2.05, 4.69) is 23.1 Å². The fraction of sp³-hybridized carbons (Fsp3) is 0.320. The maximum absolute atomic E-state index is 12.9. The van der Waals surface area contributed by atoms with Gasteiger partial charge in [0, 0.05) is 12.6 Å². The normalized spacial score (nSPS) is 10.1. The van der Waals surface area contributed by atoms with Gasteiger partial charge in [-0.05, 0) is 30.5 Å². The van der Waals surface area contributed by atoms with E-state index in [1.807, 2.05) is 66.2 Å². The number of anilines is 1. The van der Waals surface area contributed by atoms with E-state index >= 15 is 0 Å². The molecule has 0 fully saturated rings. The molecule has 0 saturated carbocycles. The molecule has 8 nitrogen and oxygen atoms in total. The highest BCUT2D eigenvalue weighted by molar-refractivity contribution is 6.05. The molecular weight excluding hydrogens is 420 g/mol. The number of hydrogen-bond acceptors (Lipinski definition) is 5. The van der Waals surface area contributed by atoms with Gasteiger partial charge in [0.25, 0.3) is 5.91 Å². The SMILES string of the molecule is CCCOc1ccccc1C(=O)Nc1cc(COCc2ccccc2)nn1CCC.NC=O. The molecule has 176 valence electrons. The summed E-state index contributed by atoms with van der Waals surface area (Å²) in [6.07, 6.45) is 2.04. The van der Waals surface area contributed by atoms with Crippen molar-refractivity contribution < 1.29 is 19.1 Å². The monoisotopic (exact) mass is 452 g/mol. The Labute approximate surface area is 194 Å². The average molecular weight is 453 g/mol. The van der Waals surface area contributed by atoms with Gasteiger partial charge in [-0.3, -0.25) is 9.59 Å². The molecule has 0 aliphatic heterocycles. The molecule has 3 N–H and O–H groups in total. The molecule has 0 aliphatic rings. The molecule has 2 aromatic carbocycles. The van der Waals surface area contributed by atoms with Crippen molar-refractivity contribution in [3.8, 4) is 5.75 Å². The highest BCUT2D eigenvalue weighted by Gasteiger charge is 2.16. The first-order chi connectivity index (χ1) is 16.1. The van der Waals surface area contributed by atoms with Crippen molar-refractivity contribution in [3.63, 3.8) is 0 Å². The van der Waals surface area contributed by atoms with Crippen LogP contribution < -0.4 is 15.8 Å². The molecule has 0 bridgehead atoms. The highest BCUT2D eigenvalue weighted by atomic mass is 16.5. The Morgan fingerprint density at radius 1 is 1.06 bits per heavy atom. The first-order valence-electron chi connectivity index (χ1n) is 11.0.